The monoisotopic (exact) mass is 456 g/mol. The van der Waals surface area contributed by atoms with Crippen LogP contribution < -0.4 is 0 Å². The Labute approximate surface area is 196 Å². The van der Waals surface area contributed by atoms with E-state index in [2.05, 4.69) is 55.4 Å². The van der Waals surface area contributed by atoms with Crippen molar-refractivity contribution in [2.24, 2.45) is 22.7 Å². The first-order chi connectivity index (χ1) is 14.8. The lowest BCUT2D eigenvalue weighted by molar-refractivity contribution is -0.0374. The molecule has 1 saturated carbocycles. The Balaban J connectivity index is 2.29. The quantitative estimate of drug-likeness (QED) is 0.283. The molecule has 1 aliphatic rings. The molecule has 188 valence electrons. The number of hydrogen-bond donors (Lipinski definition) is 0. The van der Waals surface area contributed by atoms with E-state index in [-0.39, 0.29) is 23.0 Å². The predicted octanol–water partition coefficient (Wildman–Crippen LogP) is 7.53. The Kier molecular flexibility index (Phi) is 11.9. The smallest absolute Gasteiger partial charge is 0.434 e. The van der Waals surface area contributed by atoms with Crippen molar-refractivity contribution in [1.29, 1.82) is 0 Å². The van der Waals surface area contributed by atoms with Crippen LogP contribution >= 0.6 is 0 Å². The highest BCUT2D eigenvalue weighted by Gasteiger charge is 2.29. The summed E-state index contributed by atoms with van der Waals surface area (Å²) in [5.41, 5.74) is 0.255. The molecule has 0 aromatic rings. The van der Waals surface area contributed by atoms with E-state index in [1.807, 2.05) is 0 Å². The van der Waals surface area contributed by atoms with Crippen molar-refractivity contribution in [2.45, 2.75) is 119 Å². The first-order valence-electron chi connectivity index (χ1n) is 12.4. The molecule has 6 nitrogen and oxygen atoms in total. The fraction of sp³-hybridized carbons (Fsp3) is 0.923. The van der Waals surface area contributed by atoms with E-state index >= 15 is 0 Å². The SMILES string of the molecule is CC(C)CC(C)(C)CCOC(=O)OC1CCCC(OC(=O)OCCC(C)(C)CC(C)C)C1. The molecule has 0 amide bonds. The van der Waals surface area contributed by atoms with Gasteiger partial charge in [-0.3, -0.25) is 0 Å². The maximum atomic E-state index is 12.1. The van der Waals surface area contributed by atoms with Crippen molar-refractivity contribution in [1.82, 2.24) is 0 Å². The van der Waals surface area contributed by atoms with Gasteiger partial charge in [0.1, 0.15) is 12.2 Å². The van der Waals surface area contributed by atoms with Crippen molar-refractivity contribution in [3.63, 3.8) is 0 Å². The summed E-state index contributed by atoms with van der Waals surface area (Å²) in [6.07, 6.45) is 4.75. The standard InChI is InChI=1S/C26H48O6/c1-19(2)17-25(5,6)12-14-29-23(27)31-21-10-9-11-22(16-21)32-24(28)30-15-13-26(7,8)18-20(3)4/h19-22H,9-18H2,1-8H3. The molecule has 0 bridgehead atoms. The largest absolute Gasteiger partial charge is 0.508 e. The molecule has 0 heterocycles. The summed E-state index contributed by atoms with van der Waals surface area (Å²) in [5.74, 6) is 1.21. The fourth-order valence-corrected chi connectivity index (χ4v) is 4.89. The second-order valence-electron chi connectivity index (χ2n) is 11.9. The second-order valence-corrected chi connectivity index (χ2v) is 11.9. The van der Waals surface area contributed by atoms with Gasteiger partial charge in [0.15, 0.2) is 0 Å². The number of ether oxygens (including phenoxy) is 4. The lowest BCUT2D eigenvalue weighted by atomic mass is 9.81. The molecule has 0 aromatic heterocycles. The molecule has 0 radical (unpaired) electrons. The van der Waals surface area contributed by atoms with E-state index in [0.717, 1.165) is 44.9 Å². The zero-order valence-corrected chi connectivity index (χ0v) is 21.8. The van der Waals surface area contributed by atoms with Gasteiger partial charge in [-0.05, 0) is 67.6 Å². The van der Waals surface area contributed by atoms with Gasteiger partial charge in [0, 0.05) is 6.42 Å². The average molecular weight is 457 g/mol. The van der Waals surface area contributed by atoms with E-state index in [1.54, 1.807) is 0 Å². The summed E-state index contributed by atoms with van der Waals surface area (Å²) in [4.78, 5) is 24.2. The van der Waals surface area contributed by atoms with Gasteiger partial charge in [-0.25, -0.2) is 9.59 Å². The van der Waals surface area contributed by atoms with Gasteiger partial charge >= 0.3 is 12.3 Å². The molecule has 0 spiro atoms. The normalized spacial score (nSPS) is 19.7. The topological polar surface area (TPSA) is 71.1 Å². The Bertz CT molecular complexity index is 519. The minimum atomic E-state index is -0.633. The summed E-state index contributed by atoms with van der Waals surface area (Å²) in [5, 5.41) is 0. The molecule has 0 aliphatic heterocycles. The number of carbonyl (C=O) groups excluding carboxylic acids is 2. The van der Waals surface area contributed by atoms with Crippen LogP contribution in [0, 0.1) is 22.7 Å². The number of hydrogen-bond acceptors (Lipinski definition) is 6. The molecular weight excluding hydrogens is 408 g/mol. The van der Waals surface area contributed by atoms with E-state index < -0.39 is 12.3 Å². The van der Waals surface area contributed by atoms with Gasteiger partial charge in [0.25, 0.3) is 0 Å². The first-order valence-corrected chi connectivity index (χ1v) is 12.4. The van der Waals surface area contributed by atoms with E-state index in [9.17, 15) is 9.59 Å². The highest BCUT2D eigenvalue weighted by molar-refractivity contribution is 5.60. The fourth-order valence-electron chi connectivity index (χ4n) is 4.89. The van der Waals surface area contributed by atoms with Crippen LogP contribution in [0.25, 0.3) is 0 Å². The first kappa shape index (κ1) is 28.6. The Morgan fingerprint density at radius 2 is 1.12 bits per heavy atom. The third kappa shape index (κ3) is 13.2. The van der Waals surface area contributed by atoms with Crippen molar-refractivity contribution >= 4 is 12.3 Å². The summed E-state index contributed by atoms with van der Waals surface area (Å²) in [7, 11) is 0. The molecule has 32 heavy (non-hydrogen) atoms. The third-order valence-corrected chi connectivity index (χ3v) is 6.02. The van der Waals surface area contributed by atoms with Crippen LogP contribution in [-0.2, 0) is 18.9 Å². The van der Waals surface area contributed by atoms with Gasteiger partial charge in [-0.2, -0.15) is 0 Å². The lowest BCUT2D eigenvalue weighted by Crippen LogP contribution is -2.32. The van der Waals surface area contributed by atoms with Gasteiger partial charge < -0.3 is 18.9 Å². The highest BCUT2D eigenvalue weighted by atomic mass is 16.7. The summed E-state index contributed by atoms with van der Waals surface area (Å²) in [6, 6.07) is 0. The number of carbonyl (C=O) groups is 2. The average Bonchev–Trinajstić information content (AvgIpc) is 2.59. The predicted molar refractivity (Wildman–Crippen MR) is 127 cm³/mol. The summed E-state index contributed by atoms with van der Waals surface area (Å²) < 4.78 is 21.5. The van der Waals surface area contributed by atoms with Gasteiger partial charge in [0.05, 0.1) is 13.2 Å². The van der Waals surface area contributed by atoms with E-state index in [0.29, 0.717) is 31.5 Å². The van der Waals surface area contributed by atoms with Gasteiger partial charge in [-0.1, -0.05) is 55.4 Å². The van der Waals surface area contributed by atoms with Gasteiger partial charge in [0.2, 0.25) is 0 Å². The molecule has 1 aliphatic carbocycles. The maximum Gasteiger partial charge on any atom is 0.508 e. The minimum Gasteiger partial charge on any atom is -0.434 e. The molecular formula is C26H48O6. The van der Waals surface area contributed by atoms with Crippen LogP contribution in [0.3, 0.4) is 0 Å². The van der Waals surface area contributed by atoms with Crippen LogP contribution in [0.2, 0.25) is 0 Å². The highest BCUT2D eigenvalue weighted by Crippen LogP contribution is 2.30. The molecule has 6 heteroatoms. The van der Waals surface area contributed by atoms with Crippen LogP contribution in [-0.4, -0.2) is 37.7 Å². The summed E-state index contributed by atoms with van der Waals surface area (Å²) in [6.45, 7) is 18.2. The molecule has 0 saturated heterocycles. The molecule has 0 N–H and O–H groups in total. The van der Waals surface area contributed by atoms with Crippen molar-refractivity contribution < 1.29 is 28.5 Å². The van der Waals surface area contributed by atoms with Crippen LogP contribution in [0.5, 0.6) is 0 Å². The zero-order valence-electron chi connectivity index (χ0n) is 21.8. The van der Waals surface area contributed by atoms with E-state index in [1.165, 1.54) is 0 Å². The Hall–Kier alpha value is -1.46. The van der Waals surface area contributed by atoms with Crippen LogP contribution in [0.15, 0.2) is 0 Å². The van der Waals surface area contributed by atoms with Crippen LogP contribution in [0.1, 0.15) is 107 Å². The molecule has 2 unspecified atom stereocenters. The lowest BCUT2D eigenvalue weighted by Gasteiger charge is -2.29. The van der Waals surface area contributed by atoms with Crippen LogP contribution in [0.4, 0.5) is 9.59 Å². The Morgan fingerprint density at radius 3 is 1.47 bits per heavy atom. The maximum absolute atomic E-state index is 12.1. The third-order valence-electron chi connectivity index (χ3n) is 6.02. The summed E-state index contributed by atoms with van der Waals surface area (Å²) >= 11 is 0. The molecule has 1 rings (SSSR count). The van der Waals surface area contributed by atoms with Gasteiger partial charge in [-0.15, -0.1) is 0 Å². The van der Waals surface area contributed by atoms with Crippen molar-refractivity contribution in [3.8, 4) is 0 Å². The zero-order chi connectivity index (χ0) is 24.4. The minimum absolute atomic E-state index is 0.128. The number of rotatable bonds is 12. The van der Waals surface area contributed by atoms with E-state index in [4.69, 9.17) is 18.9 Å². The molecule has 1 fully saturated rings. The van der Waals surface area contributed by atoms with Crippen molar-refractivity contribution in [3.05, 3.63) is 0 Å². The second kappa shape index (κ2) is 13.3. The molecule has 0 aromatic carbocycles. The Morgan fingerprint density at radius 1 is 0.750 bits per heavy atom. The molecule has 2 atom stereocenters. The van der Waals surface area contributed by atoms with Crippen molar-refractivity contribution in [2.75, 3.05) is 13.2 Å².